The lowest BCUT2D eigenvalue weighted by Crippen LogP contribution is -2.79. The summed E-state index contributed by atoms with van der Waals surface area (Å²) in [5, 5.41) is 15.5. The van der Waals surface area contributed by atoms with Gasteiger partial charge in [-0.05, 0) is 88.0 Å². The first-order chi connectivity index (χ1) is 29.5. The van der Waals surface area contributed by atoms with E-state index in [2.05, 4.69) is 11.9 Å². The fourth-order valence-corrected chi connectivity index (χ4v) is 12.3. The number of rotatable bonds is 12. The van der Waals surface area contributed by atoms with Gasteiger partial charge in [-0.15, -0.1) is 0 Å². The van der Waals surface area contributed by atoms with Gasteiger partial charge in [-0.1, -0.05) is 66.3 Å². The van der Waals surface area contributed by atoms with E-state index in [-0.39, 0.29) is 12.2 Å². The summed E-state index contributed by atoms with van der Waals surface area (Å²) in [6.45, 7) is 25.8. The highest BCUT2D eigenvalue weighted by atomic mass is 28.4. The molecule has 3 aliphatic carbocycles. The highest BCUT2D eigenvalue weighted by Gasteiger charge is 2.77. The van der Waals surface area contributed by atoms with E-state index >= 15 is 13.6 Å². The summed E-state index contributed by atoms with van der Waals surface area (Å²) in [5.41, 5.74) is -7.45. The van der Waals surface area contributed by atoms with Crippen LogP contribution in [0.1, 0.15) is 106 Å². The molecule has 0 radical (unpaired) electrons. The number of alkyl carbamates (subject to hydrolysis) is 1. The standard InChI is InChI=1S/C47H67F2NO13Si/c1-15-31-59-33-32-26(4)29(58-40(53)45(12,63-64(13,14)42(6,7)8)35(38(48)49)50-41(54)57-25(2)3)23-47(55,43(32,9)10)37(61-39(52)28-19-17-16-18-20-28)34-44(11,36(33)60-31)22-21-30-46(34,24-56-30)62-27(5)51/h15-20,25,29-31,33-38,55H,1,21-24H2,2-14H3,(H,50,54)/t29-,30+,31+,33+,34-,35-,36+,37-,44+,45+,46-,47+/m0/s1. The van der Waals surface area contributed by atoms with Crippen LogP contribution in [0.25, 0.3) is 0 Å². The van der Waals surface area contributed by atoms with Gasteiger partial charge in [-0.2, -0.15) is 0 Å². The largest absolute Gasteiger partial charge is 0.456 e. The maximum atomic E-state index is 15.4. The molecule has 0 spiro atoms. The Morgan fingerprint density at radius 3 is 2.20 bits per heavy atom. The van der Waals surface area contributed by atoms with Gasteiger partial charge in [0.15, 0.2) is 25.8 Å². The maximum absolute atomic E-state index is 15.4. The van der Waals surface area contributed by atoms with Gasteiger partial charge in [0.1, 0.15) is 36.1 Å². The van der Waals surface area contributed by atoms with Gasteiger partial charge in [-0.25, -0.2) is 23.2 Å². The summed E-state index contributed by atoms with van der Waals surface area (Å²) < 4.78 is 81.5. The zero-order valence-corrected chi connectivity index (χ0v) is 40.4. The second-order valence-electron chi connectivity index (χ2n) is 20.9. The third-order valence-corrected chi connectivity index (χ3v) is 19.6. The topological polar surface area (TPSA) is 174 Å². The molecule has 1 aromatic carbocycles. The number of aliphatic hydroxyl groups is 1. The summed E-state index contributed by atoms with van der Waals surface area (Å²) in [6.07, 6.45) is -9.57. The molecular weight excluding hydrogens is 853 g/mol. The minimum absolute atomic E-state index is 0.0823. The van der Waals surface area contributed by atoms with Crippen LogP contribution in [-0.2, 0) is 47.2 Å². The number of carbonyl (C=O) groups is 4. The van der Waals surface area contributed by atoms with Crippen molar-refractivity contribution in [3.8, 4) is 0 Å². The summed E-state index contributed by atoms with van der Waals surface area (Å²) >= 11 is 0. The van der Waals surface area contributed by atoms with Crippen molar-refractivity contribution < 1.29 is 70.6 Å². The first kappa shape index (κ1) is 49.7. The van der Waals surface area contributed by atoms with Crippen LogP contribution < -0.4 is 5.32 Å². The number of hydrogen-bond acceptors (Lipinski definition) is 13. The monoisotopic (exact) mass is 919 g/mol. The Hall–Kier alpha value is -3.74. The smallest absolute Gasteiger partial charge is 0.407 e. The maximum Gasteiger partial charge on any atom is 0.407 e. The normalized spacial score (nSPS) is 34.6. The Bertz CT molecular complexity index is 2020. The highest BCUT2D eigenvalue weighted by molar-refractivity contribution is 6.74. The fourth-order valence-electron chi connectivity index (χ4n) is 10.7. The number of benzene rings is 1. The lowest BCUT2D eigenvalue weighted by Gasteiger charge is -2.68. The molecule has 64 heavy (non-hydrogen) atoms. The lowest BCUT2D eigenvalue weighted by molar-refractivity contribution is -0.345. The molecule has 4 fully saturated rings. The van der Waals surface area contributed by atoms with E-state index in [0.29, 0.717) is 24.0 Å². The number of halogens is 2. The third kappa shape index (κ3) is 8.24. The molecule has 17 heteroatoms. The third-order valence-electron chi connectivity index (χ3n) is 15.1. The predicted molar refractivity (Wildman–Crippen MR) is 232 cm³/mol. The summed E-state index contributed by atoms with van der Waals surface area (Å²) in [5.74, 6) is -3.66. The molecule has 2 saturated carbocycles. The number of hydrogen-bond donors (Lipinski definition) is 2. The minimum Gasteiger partial charge on any atom is -0.456 e. The Labute approximate surface area is 376 Å². The van der Waals surface area contributed by atoms with E-state index in [1.807, 2.05) is 27.7 Å². The molecule has 2 saturated heterocycles. The van der Waals surface area contributed by atoms with Gasteiger partial charge >= 0.3 is 24.0 Å². The number of nitrogens with one attached hydrogen (secondary N) is 1. The molecule has 356 valence electrons. The number of esters is 3. The molecule has 14 nitrogen and oxygen atoms in total. The number of carbonyl (C=O) groups excluding carboxylic acids is 4. The minimum atomic E-state index is -3.34. The first-order valence-corrected chi connectivity index (χ1v) is 25.0. The van der Waals surface area contributed by atoms with Crippen molar-refractivity contribution in [2.45, 2.75) is 186 Å². The second-order valence-corrected chi connectivity index (χ2v) is 25.6. The zero-order valence-electron chi connectivity index (χ0n) is 39.4. The number of ether oxygens (including phenoxy) is 7. The molecule has 2 heterocycles. The van der Waals surface area contributed by atoms with Gasteiger partial charge in [0.25, 0.3) is 6.43 Å². The fraction of sp³-hybridized carbons (Fsp3) is 0.702. The van der Waals surface area contributed by atoms with E-state index in [4.69, 9.17) is 37.6 Å². The van der Waals surface area contributed by atoms with Gasteiger partial charge in [-0.3, -0.25) is 4.79 Å². The summed E-state index contributed by atoms with van der Waals surface area (Å²) in [4.78, 5) is 55.7. The van der Waals surface area contributed by atoms with Gasteiger partial charge in [0.2, 0.25) is 0 Å². The average molecular weight is 920 g/mol. The Morgan fingerprint density at radius 1 is 1.03 bits per heavy atom. The van der Waals surface area contributed by atoms with Gasteiger partial charge < -0.3 is 48.0 Å². The van der Waals surface area contributed by atoms with Crippen LogP contribution in [0.3, 0.4) is 0 Å². The average Bonchev–Trinajstić information content (AvgIpc) is 3.60. The molecule has 2 bridgehead atoms. The van der Waals surface area contributed by atoms with Gasteiger partial charge in [0.05, 0.1) is 30.3 Å². The van der Waals surface area contributed by atoms with Crippen molar-refractivity contribution in [3.63, 3.8) is 0 Å². The molecule has 0 unspecified atom stereocenters. The summed E-state index contributed by atoms with van der Waals surface area (Å²) in [7, 11) is -3.15. The number of fused-ring (bicyclic) bond motifs is 8. The predicted octanol–water partition coefficient (Wildman–Crippen LogP) is 7.58. The van der Waals surface area contributed by atoms with E-state index in [9.17, 15) is 19.5 Å². The molecule has 5 aliphatic rings. The number of amides is 1. The molecular formula is C47H67F2NO13Si. The first-order valence-electron chi connectivity index (χ1n) is 22.1. The quantitative estimate of drug-likeness (QED) is 0.0910. The van der Waals surface area contributed by atoms with Crippen molar-refractivity contribution >= 4 is 32.3 Å². The van der Waals surface area contributed by atoms with Crippen LogP contribution in [0, 0.1) is 16.7 Å². The molecule has 1 amide bonds. The van der Waals surface area contributed by atoms with E-state index in [1.165, 1.54) is 19.9 Å². The van der Waals surface area contributed by atoms with Crippen LogP contribution in [0.4, 0.5) is 13.6 Å². The van der Waals surface area contributed by atoms with Crippen LogP contribution in [0.5, 0.6) is 0 Å². The molecule has 1 aromatic rings. The second kappa shape index (κ2) is 17.2. The van der Waals surface area contributed by atoms with Crippen LogP contribution in [0.2, 0.25) is 18.1 Å². The van der Waals surface area contributed by atoms with Crippen molar-refractivity contribution in [2.75, 3.05) is 6.61 Å². The Morgan fingerprint density at radius 2 is 1.67 bits per heavy atom. The van der Waals surface area contributed by atoms with Crippen LogP contribution in [0.15, 0.2) is 54.1 Å². The van der Waals surface area contributed by atoms with Crippen molar-refractivity contribution in [2.24, 2.45) is 16.7 Å². The molecule has 12 atom stereocenters. The Kier molecular flexibility index (Phi) is 13.3. The molecule has 2 N–H and O–H groups in total. The Balaban J connectivity index is 1.58. The SMILES string of the molecule is C=C[C@@H]1O[C@@H]2C3=C(C)[C@@H](OC(=O)[C@](C)(O[Si](C)(C)C(C)(C)C)[C@@H](NC(=O)OC(C)C)C(F)F)C[C@@](O)([C@@H](OC(=O)c4ccccc4)[C@H]4[C@@](C)(CC[C@H]5OC[C@]54OC(C)=O)[C@@H]2O1)C3(C)C. The van der Waals surface area contributed by atoms with Gasteiger partial charge in [0, 0.05) is 24.2 Å². The highest BCUT2D eigenvalue weighted by Crippen LogP contribution is 2.67. The van der Waals surface area contributed by atoms with E-state index < -0.39 is 133 Å². The molecule has 6 rings (SSSR count). The van der Waals surface area contributed by atoms with Crippen LogP contribution in [-0.4, -0.2) is 116 Å². The summed E-state index contributed by atoms with van der Waals surface area (Å²) in [6, 6.07) is 5.98. The van der Waals surface area contributed by atoms with Crippen LogP contribution >= 0.6 is 0 Å². The number of alkyl halides is 2. The zero-order chi connectivity index (χ0) is 47.7. The molecule has 2 aliphatic heterocycles. The van der Waals surface area contributed by atoms with Crippen molar-refractivity contribution in [1.29, 1.82) is 0 Å². The van der Waals surface area contributed by atoms with Crippen molar-refractivity contribution in [1.82, 2.24) is 5.32 Å². The van der Waals surface area contributed by atoms with Crippen molar-refractivity contribution in [3.05, 3.63) is 59.7 Å². The van der Waals surface area contributed by atoms with E-state index in [1.54, 1.807) is 78.0 Å². The van der Waals surface area contributed by atoms with E-state index in [0.717, 1.165) is 0 Å². The lowest BCUT2D eigenvalue weighted by atomic mass is 9.45. The molecule has 0 aromatic heterocycles.